The molecule has 4 aromatic carbocycles. The third-order valence-corrected chi connectivity index (χ3v) is 9.62. The maximum atomic E-state index is 6.84. The molecular weight excluding hydrogens is 649 g/mol. The number of hydrogen-bond acceptors (Lipinski definition) is 6. The molecule has 0 unspecified atom stereocenters. The van der Waals surface area contributed by atoms with Gasteiger partial charge >= 0.3 is 0 Å². The largest absolute Gasteiger partial charge is 0.374 e. The highest BCUT2D eigenvalue weighted by Gasteiger charge is 2.49. The van der Waals surface area contributed by atoms with Gasteiger partial charge in [-0.3, -0.25) is 0 Å². The van der Waals surface area contributed by atoms with E-state index in [2.05, 4.69) is 55.5 Å². The van der Waals surface area contributed by atoms with Crippen molar-refractivity contribution in [2.24, 2.45) is 0 Å². The quantitative estimate of drug-likeness (QED) is 0.0639. The highest BCUT2D eigenvalue weighted by atomic mass is 16.7. The molecule has 0 bridgehead atoms. The van der Waals surface area contributed by atoms with Crippen molar-refractivity contribution < 1.29 is 28.4 Å². The molecule has 0 amide bonds. The van der Waals surface area contributed by atoms with Gasteiger partial charge in [-0.2, -0.15) is 0 Å². The van der Waals surface area contributed by atoms with Gasteiger partial charge in [0.2, 0.25) is 0 Å². The monoisotopic (exact) mass is 708 g/mol. The van der Waals surface area contributed by atoms with Crippen molar-refractivity contribution in [3.8, 4) is 0 Å². The standard InChI is InChI=1S/C46H60O6/c1-2-3-4-5-6-7-8-9-10-23-32-48-46-45(51-36-41-30-21-14-22-31-41)44(50-35-40-28-19-13-20-29-40)43(49-34-39-26-17-12-18-27-39)42(52-46)37-47-33-38-24-15-11-16-25-38/h11-22,24-31,42-46H,2-10,23,32-37H2,1H3/t42-,43+,44+,45-,46+/m1/s1. The van der Waals surface area contributed by atoms with Crippen molar-refractivity contribution >= 4 is 0 Å². The normalized spacial score (nSPS) is 20.2. The SMILES string of the molecule is CCCCCCCCCCCCO[C@H]1O[C@H](COCc2ccccc2)[C@H](OCc2ccccc2)[C@H](OCc2ccccc2)[C@H]1OCc1ccccc1. The molecule has 0 aliphatic carbocycles. The van der Waals surface area contributed by atoms with Gasteiger partial charge in [-0.25, -0.2) is 0 Å². The van der Waals surface area contributed by atoms with Crippen LogP contribution in [0.3, 0.4) is 0 Å². The Morgan fingerprint density at radius 3 is 1.31 bits per heavy atom. The van der Waals surface area contributed by atoms with E-state index in [1.165, 1.54) is 51.4 Å². The molecule has 52 heavy (non-hydrogen) atoms. The topological polar surface area (TPSA) is 55.4 Å². The molecule has 1 aliphatic heterocycles. The molecule has 280 valence electrons. The summed E-state index contributed by atoms with van der Waals surface area (Å²) >= 11 is 0. The van der Waals surface area contributed by atoms with E-state index < -0.39 is 30.7 Å². The molecule has 4 aromatic rings. The van der Waals surface area contributed by atoms with Crippen molar-refractivity contribution in [3.05, 3.63) is 144 Å². The lowest BCUT2D eigenvalue weighted by Crippen LogP contribution is -2.61. The van der Waals surface area contributed by atoms with E-state index in [-0.39, 0.29) is 0 Å². The molecule has 5 rings (SSSR count). The van der Waals surface area contributed by atoms with Gasteiger partial charge < -0.3 is 28.4 Å². The van der Waals surface area contributed by atoms with E-state index in [0.29, 0.717) is 39.6 Å². The van der Waals surface area contributed by atoms with Gasteiger partial charge in [-0.15, -0.1) is 0 Å². The van der Waals surface area contributed by atoms with Gasteiger partial charge in [0.1, 0.15) is 24.4 Å². The summed E-state index contributed by atoms with van der Waals surface area (Å²) in [6.07, 6.45) is 10.1. The van der Waals surface area contributed by atoms with E-state index in [1.54, 1.807) is 0 Å². The lowest BCUT2D eigenvalue weighted by atomic mass is 9.97. The highest BCUT2D eigenvalue weighted by Crippen LogP contribution is 2.32. The third-order valence-electron chi connectivity index (χ3n) is 9.62. The van der Waals surface area contributed by atoms with E-state index >= 15 is 0 Å². The summed E-state index contributed by atoms with van der Waals surface area (Å²) in [4.78, 5) is 0. The molecule has 0 spiro atoms. The van der Waals surface area contributed by atoms with E-state index in [4.69, 9.17) is 28.4 Å². The van der Waals surface area contributed by atoms with Crippen LogP contribution in [-0.4, -0.2) is 43.9 Å². The Bertz CT molecular complexity index is 1440. The summed E-state index contributed by atoms with van der Waals surface area (Å²) in [6.45, 7) is 4.87. The van der Waals surface area contributed by atoms with E-state index in [1.807, 2.05) is 72.8 Å². The van der Waals surface area contributed by atoms with Gasteiger partial charge in [0.25, 0.3) is 0 Å². The second-order valence-corrected chi connectivity index (χ2v) is 13.9. The fourth-order valence-corrected chi connectivity index (χ4v) is 6.67. The van der Waals surface area contributed by atoms with E-state index in [9.17, 15) is 0 Å². The van der Waals surface area contributed by atoms with Crippen molar-refractivity contribution in [1.29, 1.82) is 0 Å². The average Bonchev–Trinajstić information content (AvgIpc) is 3.19. The molecule has 1 heterocycles. The lowest BCUT2D eigenvalue weighted by Gasteiger charge is -2.46. The third kappa shape index (κ3) is 14.2. The van der Waals surface area contributed by atoms with Crippen molar-refractivity contribution in [1.82, 2.24) is 0 Å². The van der Waals surface area contributed by atoms with Crippen LogP contribution >= 0.6 is 0 Å². The van der Waals surface area contributed by atoms with Crippen molar-refractivity contribution in [2.45, 2.75) is 128 Å². The summed E-state index contributed by atoms with van der Waals surface area (Å²) < 4.78 is 40.1. The van der Waals surface area contributed by atoms with Crippen LogP contribution in [-0.2, 0) is 54.8 Å². The summed E-state index contributed by atoms with van der Waals surface area (Å²) in [5.41, 5.74) is 4.34. The Labute approximate surface area is 312 Å². The first kappa shape index (κ1) is 39.8. The number of hydrogen-bond donors (Lipinski definition) is 0. The van der Waals surface area contributed by atoms with Gasteiger partial charge in [-0.1, -0.05) is 186 Å². The van der Waals surface area contributed by atoms with Crippen LogP contribution in [0.1, 0.15) is 93.4 Å². The molecule has 1 aliphatic rings. The first-order valence-corrected chi connectivity index (χ1v) is 19.7. The smallest absolute Gasteiger partial charge is 0.186 e. The number of benzene rings is 4. The van der Waals surface area contributed by atoms with Gasteiger partial charge in [0.15, 0.2) is 6.29 Å². The maximum absolute atomic E-state index is 6.84. The minimum absolute atomic E-state index is 0.322. The first-order valence-electron chi connectivity index (χ1n) is 19.7. The average molecular weight is 709 g/mol. The first-order chi connectivity index (χ1) is 25.8. The Morgan fingerprint density at radius 2 is 0.827 bits per heavy atom. The minimum Gasteiger partial charge on any atom is -0.374 e. The summed E-state index contributed by atoms with van der Waals surface area (Å²) in [6, 6.07) is 40.9. The van der Waals surface area contributed by atoms with Crippen LogP contribution in [0, 0.1) is 0 Å². The van der Waals surface area contributed by atoms with Crippen LogP contribution in [0.15, 0.2) is 121 Å². The van der Waals surface area contributed by atoms with Crippen LogP contribution in [0.2, 0.25) is 0 Å². The van der Waals surface area contributed by atoms with Gasteiger partial charge in [0, 0.05) is 6.61 Å². The molecule has 1 fully saturated rings. The lowest BCUT2D eigenvalue weighted by molar-refractivity contribution is -0.328. The minimum atomic E-state index is -0.648. The molecule has 0 saturated carbocycles. The van der Waals surface area contributed by atoms with Crippen LogP contribution in [0.25, 0.3) is 0 Å². The molecular formula is C46H60O6. The van der Waals surface area contributed by atoms with Gasteiger partial charge in [0.05, 0.1) is 33.0 Å². The Morgan fingerprint density at radius 1 is 0.423 bits per heavy atom. The van der Waals surface area contributed by atoms with E-state index in [0.717, 1.165) is 35.1 Å². The summed E-state index contributed by atoms with van der Waals surface area (Å²) in [5.74, 6) is 0. The van der Waals surface area contributed by atoms with Gasteiger partial charge in [-0.05, 0) is 28.7 Å². The highest BCUT2D eigenvalue weighted by molar-refractivity contribution is 5.16. The molecule has 0 radical (unpaired) electrons. The predicted octanol–water partition coefficient (Wildman–Crippen LogP) is 10.6. The van der Waals surface area contributed by atoms with Crippen LogP contribution in [0.5, 0.6) is 0 Å². The fourth-order valence-electron chi connectivity index (χ4n) is 6.67. The molecule has 5 atom stereocenters. The summed E-state index contributed by atoms with van der Waals surface area (Å²) in [7, 11) is 0. The summed E-state index contributed by atoms with van der Waals surface area (Å²) in [5, 5.41) is 0. The number of ether oxygens (including phenoxy) is 6. The van der Waals surface area contributed by atoms with Crippen molar-refractivity contribution in [2.75, 3.05) is 13.2 Å². The maximum Gasteiger partial charge on any atom is 0.186 e. The molecule has 0 N–H and O–H groups in total. The Kier molecular flexibility index (Phi) is 18.4. The Balaban J connectivity index is 1.31. The zero-order valence-corrected chi connectivity index (χ0v) is 31.2. The van der Waals surface area contributed by atoms with Crippen LogP contribution < -0.4 is 0 Å². The molecule has 0 aromatic heterocycles. The van der Waals surface area contributed by atoms with Crippen molar-refractivity contribution in [3.63, 3.8) is 0 Å². The van der Waals surface area contributed by atoms with Crippen LogP contribution in [0.4, 0.5) is 0 Å². The molecule has 6 nitrogen and oxygen atoms in total. The second kappa shape index (κ2) is 24.1. The number of rotatable bonds is 25. The number of unbranched alkanes of at least 4 members (excludes halogenated alkanes) is 9. The Hall–Kier alpha value is -3.36. The molecule has 6 heteroatoms. The predicted molar refractivity (Wildman–Crippen MR) is 208 cm³/mol. The second-order valence-electron chi connectivity index (χ2n) is 13.9. The zero-order chi connectivity index (χ0) is 35.9. The fraction of sp³-hybridized carbons (Fsp3) is 0.478. The molecule has 1 saturated heterocycles. The zero-order valence-electron chi connectivity index (χ0n) is 31.2.